The summed E-state index contributed by atoms with van der Waals surface area (Å²) in [6.07, 6.45) is 0. The number of rotatable bonds is 3. The molecule has 0 atom stereocenters. The van der Waals surface area contributed by atoms with Crippen LogP contribution >= 0.6 is 11.6 Å². The maximum absolute atomic E-state index is 12.2. The molecule has 3 rings (SSSR count). The van der Waals surface area contributed by atoms with E-state index in [0.29, 0.717) is 16.7 Å². The van der Waals surface area contributed by atoms with Gasteiger partial charge in [-0.2, -0.15) is 0 Å². The molecule has 1 aromatic heterocycles. The van der Waals surface area contributed by atoms with E-state index in [1.165, 1.54) is 12.1 Å². The minimum Gasteiger partial charge on any atom is -0.329 e. The Balaban J connectivity index is 1.96. The van der Waals surface area contributed by atoms with Crippen molar-refractivity contribution in [3.63, 3.8) is 0 Å². The number of nitrogens with zero attached hydrogens (tertiary/aromatic N) is 1. The summed E-state index contributed by atoms with van der Waals surface area (Å²) in [6.45, 7) is 0. The van der Waals surface area contributed by atoms with Gasteiger partial charge in [0.1, 0.15) is 0 Å². The lowest BCUT2D eigenvalue weighted by Gasteiger charge is -2.07. The van der Waals surface area contributed by atoms with Crippen LogP contribution < -0.4 is 4.72 Å². The first kappa shape index (κ1) is 13.0. The Bertz CT molecular complexity index is 860. The summed E-state index contributed by atoms with van der Waals surface area (Å²) in [4.78, 5) is 7.10. The van der Waals surface area contributed by atoms with Crippen LogP contribution in [0.15, 0.2) is 53.4 Å². The van der Waals surface area contributed by atoms with E-state index in [2.05, 4.69) is 14.7 Å². The molecule has 0 radical (unpaired) electrons. The van der Waals surface area contributed by atoms with E-state index >= 15 is 0 Å². The average molecular weight is 308 g/mol. The first-order chi connectivity index (χ1) is 9.54. The van der Waals surface area contributed by atoms with Crippen molar-refractivity contribution in [2.24, 2.45) is 0 Å². The van der Waals surface area contributed by atoms with Gasteiger partial charge in [-0.25, -0.2) is 13.4 Å². The van der Waals surface area contributed by atoms with Crippen molar-refractivity contribution in [2.45, 2.75) is 4.90 Å². The fraction of sp³-hybridized carbons (Fsp3) is 0. The molecule has 0 unspecified atom stereocenters. The van der Waals surface area contributed by atoms with Gasteiger partial charge in [-0.3, -0.25) is 4.72 Å². The SMILES string of the molecule is O=S(=O)(Nc1ccc2nc(Cl)[nH]c2c1)c1ccccc1. The van der Waals surface area contributed by atoms with Gasteiger partial charge in [0.15, 0.2) is 0 Å². The first-order valence-electron chi connectivity index (χ1n) is 5.78. The summed E-state index contributed by atoms with van der Waals surface area (Å²) in [5, 5.41) is 0.267. The van der Waals surface area contributed by atoms with E-state index in [9.17, 15) is 8.42 Å². The fourth-order valence-electron chi connectivity index (χ4n) is 1.86. The number of aromatic nitrogens is 2. The minimum atomic E-state index is -3.59. The second-order valence-electron chi connectivity index (χ2n) is 4.18. The van der Waals surface area contributed by atoms with Crippen molar-refractivity contribution in [1.29, 1.82) is 0 Å². The summed E-state index contributed by atoms with van der Waals surface area (Å²) in [5.74, 6) is 0. The predicted octanol–water partition coefficient (Wildman–Crippen LogP) is 3.02. The molecule has 0 saturated heterocycles. The van der Waals surface area contributed by atoms with Crippen LogP contribution in [0, 0.1) is 0 Å². The zero-order valence-electron chi connectivity index (χ0n) is 10.2. The molecule has 0 amide bonds. The van der Waals surface area contributed by atoms with Gasteiger partial charge in [0, 0.05) is 0 Å². The molecular weight excluding hydrogens is 298 g/mol. The van der Waals surface area contributed by atoms with Crippen LogP contribution in [0.25, 0.3) is 11.0 Å². The van der Waals surface area contributed by atoms with Crippen LogP contribution in [0.2, 0.25) is 5.28 Å². The van der Waals surface area contributed by atoms with Crippen LogP contribution in [0.3, 0.4) is 0 Å². The molecule has 102 valence electrons. The average Bonchev–Trinajstić information content (AvgIpc) is 2.79. The lowest BCUT2D eigenvalue weighted by molar-refractivity contribution is 0.601. The number of fused-ring (bicyclic) bond motifs is 1. The van der Waals surface area contributed by atoms with Gasteiger partial charge >= 0.3 is 0 Å². The summed E-state index contributed by atoms with van der Waals surface area (Å²) in [5.41, 5.74) is 1.79. The fourth-order valence-corrected chi connectivity index (χ4v) is 3.12. The lowest BCUT2D eigenvalue weighted by atomic mass is 10.3. The number of nitrogens with one attached hydrogen (secondary N) is 2. The Labute approximate surface area is 120 Å². The zero-order valence-corrected chi connectivity index (χ0v) is 11.7. The van der Waals surface area contributed by atoms with Gasteiger partial charge < -0.3 is 4.98 Å². The van der Waals surface area contributed by atoms with Gasteiger partial charge in [-0.15, -0.1) is 0 Å². The number of H-pyrrole nitrogens is 1. The zero-order chi connectivity index (χ0) is 14.2. The Morgan fingerprint density at radius 3 is 2.60 bits per heavy atom. The molecule has 20 heavy (non-hydrogen) atoms. The second kappa shape index (κ2) is 4.81. The maximum Gasteiger partial charge on any atom is 0.261 e. The van der Waals surface area contributed by atoms with Crippen LogP contribution in [-0.4, -0.2) is 18.4 Å². The van der Waals surface area contributed by atoms with E-state index < -0.39 is 10.0 Å². The standard InChI is InChI=1S/C13H10ClN3O2S/c14-13-15-11-7-6-9(8-12(11)16-13)17-20(18,19)10-4-2-1-3-5-10/h1-8,17H,(H,15,16). The molecule has 5 nitrogen and oxygen atoms in total. The van der Waals surface area contributed by atoms with Gasteiger partial charge in [0.25, 0.3) is 10.0 Å². The molecule has 2 N–H and O–H groups in total. The van der Waals surface area contributed by atoms with Crippen molar-refractivity contribution < 1.29 is 8.42 Å². The molecule has 0 fully saturated rings. The van der Waals surface area contributed by atoms with E-state index in [0.717, 1.165) is 0 Å². The molecule has 0 aliphatic heterocycles. The Kier molecular flexibility index (Phi) is 3.11. The number of benzene rings is 2. The van der Waals surface area contributed by atoms with Crippen molar-refractivity contribution in [2.75, 3.05) is 4.72 Å². The smallest absolute Gasteiger partial charge is 0.261 e. The van der Waals surface area contributed by atoms with E-state index in [-0.39, 0.29) is 10.2 Å². The third kappa shape index (κ3) is 2.48. The molecular formula is C13H10ClN3O2S. The van der Waals surface area contributed by atoms with E-state index in [1.54, 1.807) is 36.4 Å². The minimum absolute atomic E-state index is 0.211. The van der Waals surface area contributed by atoms with Crippen LogP contribution in [0.5, 0.6) is 0 Å². The Morgan fingerprint density at radius 1 is 1.10 bits per heavy atom. The summed E-state index contributed by atoms with van der Waals surface area (Å²) in [7, 11) is -3.59. The molecule has 1 heterocycles. The summed E-state index contributed by atoms with van der Waals surface area (Å²) >= 11 is 5.76. The van der Waals surface area contributed by atoms with E-state index in [4.69, 9.17) is 11.6 Å². The maximum atomic E-state index is 12.2. The largest absolute Gasteiger partial charge is 0.329 e. The van der Waals surface area contributed by atoms with Crippen LogP contribution in [0.4, 0.5) is 5.69 Å². The highest BCUT2D eigenvalue weighted by Gasteiger charge is 2.13. The summed E-state index contributed by atoms with van der Waals surface area (Å²) < 4.78 is 26.9. The Morgan fingerprint density at radius 2 is 1.85 bits per heavy atom. The highest BCUT2D eigenvalue weighted by atomic mass is 35.5. The number of hydrogen-bond donors (Lipinski definition) is 2. The Hall–Kier alpha value is -2.05. The molecule has 2 aromatic carbocycles. The number of sulfonamides is 1. The number of aromatic amines is 1. The second-order valence-corrected chi connectivity index (χ2v) is 6.22. The van der Waals surface area contributed by atoms with Crippen LogP contribution in [0.1, 0.15) is 0 Å². The first-order valence-corrected chi connectivity index (χ1v) is 7.64. The highest BCUT2D eigenvalue weighted by Crippen LogP contribution is 2.21. The molecule has 0 bridgehead atoms. The number of imidazole rings is 1. The molecule has 0 spiro atoms. The molecule has 0 saturated carbocycles. The normalized spacial score (nSPS) is 11.7. The summed E-state index contributed by atoms with van der Waals surface area (Å²) in [6, 6.07) is 13.2. The molecule has 0 aliphatic rings. The molecule has 0 aliphatic carbocycles. The van der Waals surface area contributed by atoms with Crippen molar-refractivity contribution >= 4 is 38.3 Å². The van der Waals surface area contributed by atoms with Crippen molar-refractivity contribution in [3.05, 3.63) is 53.8 Å². The van der Waals surface area contributed by atoms with Gasteiger partial charge in [-0.05, 0) is 41.9 Å². The highest BCUT2D eigenvalue weighted by molar-refractivity contribution is 7.92. The lowest BCUT2D eigenvalue weighted by Crippen LogP contribution is -2.12. The van der Waals surface area contributed by atoms with E-state index in [1.807, 2.05) is 0 Å². The van der Waals surface area contributed by atoms with Crippen molar-refractivity contribution in [1.82, 2.24) is 9.97 Å². The molecule has 7 heteroatoms. The quantitative estimate of drug-likeness (QED) is 0.781. The number of halogens is 1. The van der Waals surface area contributed by atoms with Gasteiger partial charge in [-0.1, -0.05) is 18.2 Å². The van der Waals surface area contributed by atoms with Gasteiger partial charge in [0.05, 0.1) is 21.6 Å². The topological polar surface area (TPSA) is 74.8 Å². The number of hydrogen-bond acceptors (Lipinski definition) is 3. The third-order valence-electron chi connectivity index (χ3n) is 2.76. The van der Waals surface area contributed by atoms with Crippen LogP contribution in [-0.2, 0) is 10.0 Å². The monoisotopic (exact) mass is 307 g/mol. The van der Waals surface area contributed by atoms with Crippen molar-refractivity contribution in [3.8, 4) is 0 Å². The third-order valence-corrected chi connectivity index (χ3v) is 4.33. The number of anilines is 1. The predicted molar refractivity (Wildman–Crippen MR) is 78.4 cm³/mol. The molecule has 3 aromatic rings. The van der Waals surface area contributed by atoms with Gasteiger partial charge in [0.2, 0.25) is 5.28 Å².